The molecule has 1 rings (SSSR count). The van der Waals surface area contributed by atoms with Gasteiger partial charge in [0.05, 0.1) is 23.3 Å². The highest BCUT2D eigenvalue weighted by atomic mass is 35.5. The Labute approximate surface area is 106 Å². The lowest BCUT2D eigenvalue weighted by molar-refractivity contribution is 0.0746. The zero-order chi connectivity index (χ0) is 12.8. The summed E-state index contributed by atoms with van der Waals surface area (Å²) in [5.41, 5.74) is 1.18. The third kappa shape index (κ3) is 4.71. The first-order valence-electron chi connectivity index (χ1n) is 5.52. The van der Waals surface area contributed by atoms with Gasteiger partial charge < -0.3 is 10.1 Å². The molecule has 1 aromatic rings. The molecule has 0 radical (unpaired) electrons. The number of amides is 1. The van der Waals surface area contributed by atoms with Gasteiger partial charge in [-0.3, -0.25) is 9.78 Å². The minimum absolute atomic E-state index is 0.163. The Morgan fingerprint density at radius 2 is 2.29 bits per heavy atom. The maximum absolute atomic E-state index is 11.7. The molecule has 1 heterocycles. The van der Waals surface area contributed by atoms with E-state index in [1.54, 1.807) is 6.07 Å². The lowest BCUT2D eigenvalue weighted by Crippen LogP contribution is -2.28. The minimum atomic E-state index is -0.227. The van der Waals surface area contributed by atoms with Crippen molar-refractivity contribution in [1.82, 2.24) is 10.3 Å². The van der Waals surface area contributed by atoms with Crippen LogP contribution in [0.1, 0.15) is 29.9 Å². The zero-order valence-corrected chi connectivity index (χ0v) is 11.0. The van der Waals surface area contributed by atoms with Crippen LogP contribution in [-0.2, 0) is 4.74 Å². The molecule has 0 spiro atoms. The second kappa shape index (κ2) is 6.57. The van der Waals surface area contributed by atoms with E-state index in [0.717, 1.165) is 5.69 Å². The van der Waals surface area contributed by atoms with Crippen molar-refractivity contribution in [2.24, 2.45) is 0 Å². The van der Waals surface area contributed by atoms with Crippen molar-refractivity contribution in [3.8, 4) is 0 Å². The molecule has 1 amide bonds. The summed E-state index contributed by atoms with van der Waals surface area (Å²) in [4.78, 5) is 15.8. The summed E-state index contributed by atoms with van der Waals surface area (Å²) in [7, 11) is 0. The Hall–Kier alpha value is -1.13. The Kier molecular flexibility index (Phi) is 5.38. The highest BCUT2D eigenvalue weighted by Gasteiger charge is 2.10. The SMILES string of the molecule is Cc1cc(Cl)c(C(=O)NCCOC(C)C)cn1. The molecule has 0 saturated heterocycles. The topological polar surface area (TPSA) is 51.2 Å². The number of nitrogens with one attached hydrogen (secondary N) is 1. The van der Waals surface area contributed by atoms with E-state index in [2.05, 4.69) is 10.3 Å². The van der Waals surface area contributed by atoms with Crippen LogP contribution in [0.5, 0.6) is 0 Å². The number of rotatable bonds is 5. The summed E-state index contributed by atoms with van der Waals surface area (Å²) in [6, 6.07) is 1.67. The fourth-order valence-corrected chi connectivity index (χ4v) is 1.54. The van der Waals surface area contributed by atoms with Crippen LogP contribution in [0.25, 0.3) is 0 Å². The number of nitrogens with zero attached hydrogens (tertiary/aromatic N) is 1. The summed E-state index contributed by atoms with van der Waals surface area (Å²) in [6.07, 6.45) is 1.65. The van der Waals surface area contributed by atoms with Crippen molar-refractivity contribution in [2.45, 2.75) is 26.9 Å². The lowest BCUT2D eigenvalue weighted by atomic mass is 10.2. The van der Waals surface area contributed by atoms with Crippen molar-refractivity contribution in [3.63, 3.8) is 0 Å². The van der Waals surface area contributed by atoms with Gasteiger partial charge in [0.25, 0.3) is 5.91 Å². The van der Waals surface area contributed by atoms with Gasteiger partial charge in [0.15, 0.2) is 0 Å². The number of carbonyl (C=O) groups excluding carboxylic acids is 1. The van der Waals surface area contributed by atoms with E-state index in [4.69, 9.17) is 16.3 Å². The van der Waals surface area contributed by atoms with Gasteiger partial charge in [-0.05, 0) is 26.8 Å². The molecule has 1 N–H and O–H groups in total. The quantitative estimate of drug-likeness (QED) is 0.822. The van der Waals surface area contributed by atoms with Crippen molar-refractivity contribution in [1.29, 1.82) is 0 Å². The van der Waals surface area contributed by atoms with Crippen molar-refractivity contribution < 1.29 is 9.53 Å². The number of aryl methyl sites for hydroxylation is 1. The average molecular weight is 257 g/mol. The molecule has 0 aliphatic rings. The third-order valence-corrected chi connectivity index (χ3v) is 2.39. The van der Waals surface area contributed by atoms with E-state index in [1.807, 2.05) is 20.8 Å². The van der Waals surface area contributed by atoms with Crippen LogP contribution in [0, 0.1) is 6.92 Å². The average Bonchev–Trinajstić information content (AvgIpc) is 2.23. The van der Waals surface area contributed by atoms with Crippen LogP contribution in [0.4, 0.5) is 0 Å². The van der Waals surface area contributed by atoms with Gasteiger partial charge in [-0.25, -0.2) is 0 Å². The van der Waals surface area contributed by atoms with E-state index in [9.17, 15) is 4.79 Å². The summed E-state index contributed by atoms with van der Waals surface area (Å²) >= 11 is 5.96. The molecule has 1 aromatic heterocycles. The molecule has 0 unspecified atom stereocenters. The van der Waals surface area contributed by atoms with Gasteiger partial charge in [-0.15, -0.1) is 0 Å². The van der Waals surface area contributed by atoms with E-state index in [-0.39, 0.29) is 12.0 Å². The number of hydrogen-bond acceptors (Lipinski definition) is 3. The monoisotopic (exact) mass is 256 g/mol. The van der Waals surface area contributed by atoms with Crippen LogP contribution < -0.4 is 5.32 Å². The molecule has 0 fully saturated rings. The molecule has 0 saturated carbocycles. The van der Waals surface area contributed by atoms with E-state index in [0.29, 0.717) is 23.7 Å². The van der Waals surface area contributed by atoms with Crippen LogP contribution in [0.2, 0.25) is 5.02 Å². The largest absolute Gasteiger partial charge is 0.377 e. The van der Waals surface area contributed by atoms with Gasteiger partial charge in [-0.1, -0.05) is 11.6 Å². The standard InChI is InChI=1S/C12H17ClN2O2/c1-8(2)17-5-4-14-12(16)10-7-15-9(3)6-11(10)13/h6-8H,4-5H2,1-3H3,(H,14,16). The number of pyridine rings is 1. The molecule has 4 nitrogen and oxygen atoms in total. The van der Waals surface area contributed by atoms with Gasteiger partial charge in [0.1, 0.15) is 0 Å². The fourth-order valence-electron chi connectivity index (χ4n) is 1.25. The molecule has 0 atom stereocenters. The number of hydrogen-bond donors (Lipinski definition) is 1. The molecule has 17 heavy (non-hydrogen) atoms. The number of ether oxygens (including phenoxy) is 1. The normalized spacial score (nSPS) is 10.6. The Morgan fingerprint density at radius 3 is 2.88 bits per heavy atom. The predicted octanol–water partition coefficient (Wildman–Crippen LogP) is 2.20. The van der Waals surface area contributed by atoms with Gasteiger partial charge in [-0.2, -0.15) is 0 Å². The van der Waals surface area contributed by atoms with Crippen LogP contribution in [-0.4, -0.2) is 30.1 Å². The minimum Gasteiger partial charge on any atom is -0.377 e. The Bertz CT molecular complexity index is 394. The second-order valence-electron chi connectivity index (χ2n) is 3.98. The first-order chi connectivity index (χ1) is 8.00. The summed E-state index contributed by atoms with van der Waals surface area (Å²) < 4.78 is 5.31. The van der Waals surface area contributed by atoms with Crippen LogP contribution in [0.3, 0.4) is 0 Å². The molecular weight excluding hydrogens is 240 g/mol. The first kappa shape index (κ1) is 13.9. The maximum Gasteiger partial charge on any atom is 0.254 e. The van der Waals surface area contributed by atoms with Crippen LogP contribution in [0.15, 0.2) is 12.3 Å². The fraction of sp³-hybridized carbons (Fsp3) is 0.500. The molecule has 5 heteroatoms. The van der Waals surface area contributed by atoms with Crippen LogP contribution >= 0.6 is 11.6 Å². The molecule has 0 aromatic carbocycles. The number of halogens is 1. The Morgan fingerprint density at radius 1 is 1.59 bits per heavy atom. The van der Waals surface area contributed by atoms with Crippen molar-refractivity contribution in [3.05, 3.63) is 28.5 Å². The third-order valence-electron chi connectivity index (χ3n) is 2.07. The van der Waals surface area contributed by atoms with E-state index in [1.165, 1.54) is 6.20 Å². The predicted molar refractivity (Wildman–Crippen MR) is 67.4 cm³/mol. The lowest BCUT2D eigenvalue weighted by Gasteiger charge is -2.09. The molecule has 0 aliphatic heterocycles. The maximum atomic E-state index is 11.7. The molecule has 0 aliphatic carbocycles. The van der Waals surface area contributed by atoms with Gasteiger partial charge in [0, 0.05) is 18.4 Å². The smallest absolute Gasteiger partial charge is 0.254 e. The number of carbonyl (C=O) groups is 1. The summed E-state index contributed by atoms with van der Waals surface area (Å²) in [6.45, 7) is 6.66. The number of aromatic nitrogens is 1. The zero-order valence-electron chi connectivity index (χ0n) is 10.3. The second-order valence-corrected chi connectivity index (χ2v) is 4.39. The van der Waals surface area contributed by atoms with E-state index >= 15 is 0 Å². The van der Waals surface area contributed by atoms with Gasteiger partial charge >= 0.3 is 0 Å². The Balaban J connectivity index is 2.47. The van der Waals surface area contributed by atoms with E-state index < -0.39 is 0 Å². The van der Waals surface area contributed by atoms with Crippen molar-refractivity contribution >= 4 is 17.5 Å². The molecule has 94 valence electrons. The van der Waals surface area contributed by atoms with Gasteiger partial charge in [0.2, 0.25) is 0 Å². The molecular formula is C12H17ClN2O2. The highest BCUT2D eigenvalue weighted by Crippen LogP contribution is 2.15. The van der Waals surface area contributed by atoms with Crippen molar-refractivity contribution in [2.75, 3.05) is 13.2 Å². The highest BCUT2D eigenvalue weighted by molar-refractivity contribution is 6.33. The summed E-state index contributed by atoms with van der Waals surface area (Å²) in [5, 5.41) is 3.14. The first-order valence-corrected chi connectivity index (χ1v) is 5.90. The molecule has 0 bridgehead atoms. The summed E-state index contributed by atoms with van der Waals surface area (Å²) in [5.74, 6) is -0.227.